The fraction of sp³-hybridized carbons (Fsp3) is 0.575. The quantitative estimate of drug-likeness (QED) is 0.280. The number of nitrogens with zero attached hydrogens (tertiary/aromatic N) is 4. The van der Waals surface area contributed by atoms with Crippen LogP contribution in [0.15, 0.2) is 46.9 Å². The van der Waals surface area contributed by atoms with Crippen LogP contribution in [0.5, 0.6) is 5.75 Å². The highest BCUT2D eigenvalue weighted by Crippen LogP contribution is 2.33. The molecule has 0 bridgehead atoms. The minimum Gasteiger partial charge on any atom is -0.507 e. The van der Waals surface area contributed by atoms with E-state index in [2.05, 4.69) is 27.3 Å². The summed E-state index contributed by atoms with van der Waals surface area (Å²) in [6.07, 6.45) is 6.56. The molecule has 294 valence electrons. The van der Waals surface area contributed by atoms with Gasteiger partial charge in [0.05, 0.1) is 18.2 Å². The Bertz CT molecular complexity index is 1630. The van der Waals surface area contributed by atoms with Crippen molar-refractivity contribution in [2.75, 3.05) is 64.8 Å². The molecule has 2 N–H and O–H groups in total. The van der Waals surface area contributed by atoms with Crippen LogP contribution < -0.4 is 5.32 Å². The van der Waals surface area contributed by atoms with Crippen LogP contribution in [0, 0.1) is 17.8 Å². The Labute approximate surface area is 326 Å². The number of hydrogen-bond donors (Lipinski definition) is 2. The van der Waals surface area contributed by atoms with Gasteiger partial charge in [-0.3, -0.25) is 9.59 Å². The number of carbonyl (C=O) groups is 5. The number of likely N-dealkylation sites (tertiary alicyclic amines) is 3. The average Bonchev–Trinajstić information content (AvgIpc) is 3.37. The average molecular weight is 813 g/mol. The second-order valence-electron chi connectivity index (χ2n) is 14.6. The summed E-state index contributed by atoms with van der Waals surface area (Å²) in [5, 5.41) is 12.6. The van der Waals surface area contributed by atoms with E-state index in [-0.39, 0.29) is 42.3 Å². The molecule has 6 rings (SSSR count). The Morgan fingerprint density at radius 3 is 2.09 bits per heavy atom. The number of phenolic OH excluding ortho intramolecular Hbond substituents is 1. The third kappa shape index (κ3) is 10.5. The zero-order valence-electron chi connectivity index (χ0n) is 31.6. The molecule has 3 saturated heterocycles. The lowest BCUT2D eigenvalue weighted by Gasteiger charge is -2.40. The Morgan fingerprint density at radius 2 is 1.48 bits per heavy atom. The summed E-state index contributed by atoms with van der Waals surface area (Å²) >= 11 is 3.33. The number of methoxy groups -OCH3 is 1. The molecule has 0 spiro atoms. The van der Waals surface area contributed by atoms with E-state index in [4.69, 9.17) is 9.47 Å². The summed E-state index contributed by atoms with van der Waals surface area (Å²) in [5.74, 6) is 0.0768. The van der Waals surface area contributed by atoms with Crippen molar-refractivity contribution in [3.05, 3.63) is 58.1 Å². The molecule has 0 aliphatic carbocycles. The number of hydrogen-bond acceptors (Lipinski definition) is 8. The molecule has 3 fully saturated rings. The largest absolute Gasteiger partial charge is 0.507 e. The first-order chi connectivity index (χ1) is 26.0. The fourth-order valence-electron chi connectivity index (χ4n) is 8.14. The highest BCUT2D eigenvalue weighted by Gasteiger charge is 2.35. The lowest BCUT2D eigenvalue weighted by Crippen LogP contribution is -2.50. The Hall–Kier alpha value is -4.33. The van der Waals surface area contributed by atoms with Crippen LogP contribution >= 0.6 is 15.9 Å². The van der Waals surface area contributed by atoms with Crippen LogP contribution in [0.4, 0.5) is 15.3 Å². The van der Waals surface area contributed by atoms with E-state index in [0.29, 0.717) is 55.5 Å². The van der Waals surface area contributed by atoms with E-state index < -0.39 is 11.9 Å². The molecule has 2 aromatic rings. The van der Waals surface area contributed by atoms with E-state index in [0.717, 1.165) is 69.3 Å². The summed E-state index contributed by atoms with van der Waals surface area (Å²) in [6, 6.07) is 13.4. The van der Waals surface area contributed by atoms with E-state index >= 15 is 0 Å². The zero-order valence-corrected chi connectivity index (χ0v) is 33.2. The number of amides is 5. The molecule has 54 heavy (non-hydrogen) atoms. The van der Waals surface area contributed by atoms with Gasteiger partial charge in [-0.25, -0.2) is 14.4 Å². The van der Waals surface area contributed by atoms with Gasteiger partial charge in [-0.15, -0.1) is 0 Å². The molecule has 1 atom stereocenters. The number of ether oxygens (including phenoxy) is 2. The maximum atomic E-state index is 12.9. The molecule has 4 heterocycles. The monoisotopic (exact) mass is 811 g/mol. The zero-order chi connectivity index (χ0) is 38.8. The van der Waals surface area contributed by atoms with Gasteiger partial charge in [-0.1, -0.05) is 31.2 Å². The molecule has 0 saturated carbocycles. The third-order valence-electron chi connectivity index (χ3n) is 11.3. The van der Waals surface area contributed by atoms with Crippen LogP contribution in [0.25, 0.3) is 0 Å². The number of para-hydroxylation sites is 1. The second kappa shape index (κ2) is 19.3. The van der Waals surface area contributed by atoms with Crippen molar-refractivity contribution in [3.8, 4) is 5.75 Å². The van der Waals surface area contributed by atoms with E-state index in [9.17, 15) is 29.1 Å². The number of nitrogens with one attached hydrogen (secondary N) is 1. The molecule has 2 aromatic carbocycles. The minimum absolute atomic E-state index is 0.0403. The summed E-state index contributed by atoms with van der Waals surface area (Å²) in [4.78, 5) is 67.9. The Kier molecular flexibility index (Phi) is 14.6. The summed E-state index contributed by atoms with van der Waals surface area (Å²) in [7, 11) is 1.40. The van der Waals surface area contributed by atoms with Gasteiger partial charge in [0.15, 0.2) is 0 Å². The van der Waals surface area contributed by atoms with Crippen molar-refractivity contribution >= 4 is 51.5 Å². The number of benzene rings is 2. The van der Waals surface area contributed by atoms with Crippen molar-refractivity contribution in [3.63, 3.8) is 0 Å². The molecule has 4 aliphatic heterocycles. The number of halogens is 1. The van der Waals surface area contributed by atoms with Crippen molar-refractivity contribution in [1.29, 1.82) is 0 Å². The molecule has 0 radical (unpaired) electrons. The van der Waals surface area contributed by atoms with E-state index in [1.54, 1.807) is 22.8 Å². The topological polar surface area (TPSA) is 149 Å². The third-order valence-corrected chi connectivity index (χ3v) is 11.9. The van der Waals surface area contributed by atoms with Crippen molar-refractivity contribution in [2.45, 2.75) is 71.3 Å². The number of urea groups is 1. The lowest BCUT2D eigenvalue weighted by atomic mass is 9.78. The molecule has 4 aliphatic rings. The van der Waals surface area contributed by atoms with Crippen molar-refractivity contribution in [2.24, 2.45) is 17.8 Å². The summed E-state index contributed by atoms with van der Waals surface area (Å²) in [5.41, 5.74) is 3.10. The van der Waals surface area contributed by atoms with Gasteiger partial charge in [0.2, 0.25) is 5.91 Å². The standard InChI is InChI=1S/C24H33BrN2O5.C16H21N3O3/c1-3-32-24(31)23(30)27-12-8-19(9-13-27)18-6-10-26(11-7-18)22(29)16(2)14-17-4-5-21(28)20(25)15-17;1-22-16(21)18-9-7-13(8-10-18)19-11-6-12-4-2-3-5-14(12)17-15(19)20/h4-5,15-16,18-19,28H,3,6-14H2,1-2H3;2-5,13H,6-11H2,1H3,(H,17,20)/t16-;/m1./s1. The Balaban J connectivity index is 0.000000222. The van der Waals surface area contributed by atoms with Gasteiger partial charge in [0.25, 0.3) is 0 Å². The summed E-state index contributed by atoms with van der Waals surface area (Å²) in [6.45, 7) is 8.59. The number of rotatable bonds is 6. The minimum atomic E-state index is -0.758. The van der Waals surface area contributed by atoms with Crippen molar-refractivity contribution < 1.29 is 38.6 Å². The van der Waals surface area contributed by atoms with Crippen LogP contribution in [0.1, 0.15) is 63.5 Å². The van der Waals surface area contributed by atoms with Gasteiger partial charge >= 0.3 is 24.0 Å². The van der Waals surface area contributed by atoms with Gasteiger partial charge in [0.1, 0.15) is 5.75 Å². The number of esters is 1. The number of carbonyl (C=O) groups excluding carboxylic acids is 5. The van der Waals surface area contributed by atoms with Gasteiger partial charge in [-0.05, 0) is 115 Å². The molecule has 0 aromatic heterocycles. The SMILES string of the molecule is CCOC(=O)C(=O)N1CCC(C2CCN(C(=O)[C@H](C)Cc3ccc(O)c(Br)c3)CC2)CC1.COC(=O)N1CCC(N2CCc3ccccc3NC2=O)CC1. The molecule has 5 amide bonds. The predicted octanol–water partition coefficient (Wildman–Crippen LogP) is 5.68. The number of fused-ring (bicyclic) bond motifs is 1. The number of aromatic hydroxyl groups is 1. The number of phenols is 1. The first-order valence-electron chi connectivity index (χ1n) is 19.2. The number of piperidine rings is 3. The highest BCUT2D eigenvalue weighted by atomic mass is 79.9. The second-order valence-corrected chi connectivity index (χ2v) is 15.5. The van der Waals surface area contributed by atoms with Gasteiger partial charge in [-0.2, -0.15) is 0 Å². The fourth-order valence-corrected chi connectivity index (χ4v) is 8.57. The van der Waals surface area contributed by atoms with Crippen molar-refractivity contribution in [1.82, 2.24) is 19.6 Å². The molecule has 14 heteroatoms. The van der Waals surface area contributed by atoms with Crippen LogP contribution in [0.2, 0.25) is 0 Å². The van der Waals surface area contributed by atoms with E-state index in [1.807, 2.05) is 47.1 Å². The first kappa shape index (κ1) is 40.8. The van der Waals surface area contributed by atoms with Gasteiger partial charge in [0, 0.05) is 63.5 Å². The molecular weight excluding hydrogens is 758 g/mol. The van der Waals surface area contributed by atoms with Crippen LogP contribution in [-0.4, -0.2) is 120 Å². The predicted molar refractivity (Wildman–Crippen MR) is 207 cm³/mol. The maximum absolute atomic E-state index is 12.9. The lowest BCUT2D eigenvalue weighted by molar-refractivity contribution is -0.160. The molecular formula is C40H54BrN5O8. The number of anilines is 1. The summed E-state index contributed by atoms with van der Waals surface area (Å²) < 4.78 is 10.2. The highest BCUT2D eigenvalue weighted by molar-refractivity contribution is 9.10. The van der Waals surface area contributed by atoms with Crippen LogP contribution in [-0.2, 0) is 36.7 Å². The van der Waals surface area contributed by atoms with Crippen LogP contribution in [0.3, 0.4) is 0 Å². The first-order valence-corrected chi connectivity index (χ1v) is 20.0. The maximum Gasteiger partial charge on any atom is 0.409 e. The van der Waals surface area contributed by atoms with Gasteiger partial charge < -0.3 is 39.5 Å². The smallest absolute Gasteiger partial charge is 0.409 e. The Morgan fingerprint density at radius 1 is 0.870 bits per heavy atom. The normalized spacial score (nSPS) is 19.1. The molecule has 13 nitrogen and oxygen atoms in total. The molecule has 0 unspecified atom stereocenters. The van der Waals surface area contributed by atoms with E-state index in [1.165, 1.54) is 12.7 Å².